The van der Waals surface area contributed by atoms with Gasteiger partial charge in [-0.25, -0.2) is 4.79 Å². The van der Waals surface area contributed by atoms with E-state index in [0.29, 0.717) is 5.92 Å². The Morgan fingerprint density at radius 1 is 1.29 bits per heavy atom. The average Bonchev–Trinajstić information content (AvgIpc) is 2.62. The second kappa shape index (κ2) is 4.84. The molecule has 17 heavy (non-hydrogen) atoms. The van der Waals surface area contributed by atoms with Crippen LogP contribution < -0.4 is 10.6 Å². The predicted molar refractivity (Wildman–Crippen MR) is 68.9 cm³/mol. The Hall–Kier alpha value is -0.770. The van der Waals surface area contributed by atoms with E-state index >= 15 is 0 Å². The van der Waals surface area contributed by atoms with Crippen molar-refractivity contribution in [2.75, 3.05) is 26.2 Å². The molecule has 4 heteroatoms. The molecule has 0 aromatic heterocycles. The van der Waals surface area contributed by atoms with Gasteiger partial charge in [-0.1, -0.05) is 20.8 Å². The smallest absolute Gasteiger partial charge is 0.317 e. The number of hydrogen-bond acceptors (Lipinski definition) is 2. The van der Waals surface area contributed by atoms with Crippen molar-refractivity contribution in [2.45, 2.75) is 39.7 Å². The van der Waals surface area contributed by atoms with Crippen molar-refractivity contribution in [3.63, 3.8) is 0 Å². The molecule has 2 saturated heterocycles. The monoisotopic (exact) mass is 239 g/mol. The first-order valence-electron chi connectivity index (χ1n) is 6.73. The summed E-state index contributed by atoms with van der Waals surface area (Å²) in [5, 5.41) is 6.47. The van der Waals surface area contributed by atoms with E-state index in [9.17, 15) is 4.79 Å². The van der Waals surface area contributed by atoms with Gasteiger partial charge in [-0.2, -0.15) is 0 Å². The Morgan fingerprint density at radius 3 is 2.47 bits per heavy atom. The molecule has 4 nitrogen and oxygen atoms in total. The molecule has 2 rings (SSSR count). The Bertz CT molecular complexity index is 279. The van der Waals surface area contributed by atoms with E-state index in [2.05, 4.69) is 31.4 Å². The quantitative estimate of drug-likeness (QED) is 0.765. The summed E-state index contributed by atoms with van der Waals surface area (Å²) < 4.78 is 0. The molecular formula is C13H25N3O. The highest BCUT2D eigenvalue weighted by molar-refractivity contribution is 5.77. The summed E-state index contributed by atoms with van der Waals surface area (Å²) in [5.41, 5.74) is 0.151. The predicted octanol–water partition coefficient (Wildman–Crippen LogP) is 1.43. The van der Waals surface area contributed by atoms with Gasteiger partial charge in [0.25, 0.3) is 0 Å². The molecule has 2 amide bonds. The molecule has 2 N–H and O–H groups in total. The fourth-order valence-corrected chi connectivity index (χ4v) is 2.61. The maximum atomic E-state index is 11.9. The van der Waals surface area contributed by atoms with Crippen molar-refractivity contribution in [2.24, 2.45) is 11.3 Å². The zero-order valence-electron chi connectivity index (χ0n) is 11.3. The summed E-state index contributed by atoms with van der Waals surface area (Å²) >= 11 is 0. The Kier molecular flexibility index (Phi) is 3.61. The van der Waals surface area contributed by atoms with Gasteiger partial charge in [0, 0.05) is 13.1 Å². The topological polar surface area (TPSA) is 44.4 Å². The molecule has 2 fully saturated rings. The van der Waals surface area contributed by atoms with E-state index in [1.807, 2.05) is 4.90 Å². The van der Waals surface area contributed by atoms with Crippen LogP contribution in [0.4, 0.5) is 4.79 Å². The molecule has 2 heterocycles. The van der Waals surface area contributed by atoms with E-state index in [1.165, 1.54) is 12.8 Å². The van der Waals surface area contributed by atoms with Crippen LogP contribution in [0.15, 0.2) is 0 Å². The Balaban J connectivity index is 1.87. The summed E-state index contributed by atoms with van der Waals surface area (Å²) in [4.78, 5) is 13.9. The molecule has 0 radical (unpaired) electrons. The lowest BCUT2D eigenvalue weighted by atomic mass is 9.87. The normalized spacial score (nSPS) is 27.4. The van der Waals surface area contributed by atoms with Crippen LogP contribution in [0, 0.1) is 11.3 Å². The van der Waals surface area contributed by atoms with Crippen molar-refractivity contribution in [1.82, 2.24) is 15.5 Å². The Labute approximate surface area is 104 Å². The SMILES string of the molecule is CC(C)(C)C1CN(CC2CCNCC2)C(=O)N1. The second-order valence-corrected chi connectivity index (χ2v) is 6.47. The lowest BCUT2D eigenvalue weighted by Crippen LogP contribution is -2.38. The van der Waals surface area contributed by atoms with Crippen LogP contribution in [-0.4, -0.2) is 43.2 Å². The summed E-state index contributed by atoms with van der Waals surface area (Å²) in [6, 6.07) is 0.417. The minimum atomic E-state index is 0.128. The number of amides is 2. The van der Waals surface area contributed by atoms with Crippen molar-refractivity contribution in [1.29, 1.82) is 0 Å². The fraction of sp³-hybridized carbons (Fsp3) is 0.923. The van der Waals surface area contributed by atoms with Crippen molar-refractivity contribution in [3.05, 3.63) is 0 Å². The zero-order valence-corrected chi connectivity index (χ0v) is 11.3. The third-order valence-electron chi connectivity index (χ3n) is 3.97. The lowest BCUT2D eigenvalue weighted by Gasteiger charge is -2.28. The van der Waals surface area contributed by atoms with E-state index in [0.717, 1.165) is 26.2 Å². The van der Waals surface area contributed by atoms with Gasteiger partial charge in [0.2, 0.25) is 0 Å². The minimum Gasteiger partial charge on any atom is -0.333 e. The van der Waals surface area contributed by atoms with Gasteiger partial charge in [-0.15, -0.1) is 0 Å². The van der Waals surface area contributed by atoms with Gasteiger partial charge < -0.3 is 15.5 Å². The van der Waals surface area contributed by atoms with E-state index in [4.69, 9.17) is 0 Å². The summed E-state index contributed by atoms with van der Waals surface area (Å²) in [6.45, 7) is 10.6. The average molecular weight is 239 g/mol. The van der Waals surface area contributed by atoms with Crippen molar-refractivity contribution < 1.29 is 4.79 Å². The third kappa shape index (κ3) is 3.12. The highest BCUT2D eigenvalue weighted by Crippen LogP contribution is 2.25. The maximum absolute atomic E-state index is 11.9. The van der Waals surface area contributed by atoms with Crippen LogP contribution in [0.3, 0.4) is 0 Å². The molecule has 0 saturated carbocycles. The maximum Gasteiger partial charge on any atom is 0.317 e. The zero-order chi connectivity index (χ0) is 12.5. The van der Waals surface area contributed by atoms with Crippen molar-refractivity contribution >= 4 is 6.03 Å². The van der Waals surface area contributed by atoms with Crippen LogP contribution in [0.5, 0.6) is 0 Å². The standard InChI is InChI=1S/C13H25N3O/c1-13(2,3)11-9-16(12(17)15-11)8-10-4-6-14-7-5-10/h10-11,14H,4-9H2,1-3H3,(H,15,17). The molecule has 0 aromatic carbocycles. The number of hydrogen-bond donors (Lipinski definition) is 2. The molecule has 1 unspecified atom stereocenters. The summed E-state index contributed by atoms with van der Waals surface area (Å²) in [7, 11) is 0. The van der Waals surface area contributed by atoms with Crippen LogP contribution in [0.25, 0.3) is 0 Å². The second-order valence-electron chi connectivity index (χ2n) is 6.47. The number of carbonyl (C=O) groups is 1. The number of piperidine rings is 1. The third-order valence-corrected chi connectivity index (χ3v) is 3.97. The van der Waals surface area contributed by atoms with Crippen LogP contribution in [-0.2, 0) is 0 Å². The first-order chi connectivity index (χ1) is 7.97. The highest BCUT2D eigenvalue weighted by Gasteiger charge is 2.36. The van der Waals surface area contributed by atoms with Gasteiger partial charge in [0.05, 0.1) is 6.04 Å². The van der Waals surface area contributed by atoms with E-state index in [1.54, 1.807) is 0 Å². The first-order valence-corrected chi connectivity index (χ1v) is 6.73. The molecule has 1 atom stereocenters. The van der Waals surface area contributed by atoms with Gasteiger partial charge in [0.15, 0.2) is 0 Å². The molecular weight excluding hydrogens is 214 g/mol. The summed E-state index contributed by atoms with van der Waals surface area (Å²) in [6.07, 6.45) is 2.40. The van der Waals surface area contributed by atoms with Crippen LogP contribution in [0.2, 0.25) is 0 Å². The number of carbonyl (C=O) groups excluding carboxylic acids is 1. The van der Waals surface area contributed by atoms with Crippen molar-refractivity contribution in [3.8, 4) is 0 Å². The molecule has 0 spiro atoms. The highest BCUT2D eigenvalue weighted by atomic mass is 16.2. The van der Waals surface area contributed by atoms with Gasteiger partial charge in [0.1, 0.15) is 0 Å². The van der Waals surface area contributed by atoms with Gasteiger partial charge in [-0.3, -0.25) is 0 Å². The van der Waals surface area contributed by atoms with E-state index < -0.39 is 0 Å². The number of rotatable bonds is 2. The minimum absolute atomic E-state index is 0.128. The molecule has 2 aliphatic rings. The molecule has 0 aromatic rings. The molecule has 0 bridgehead atoms. The molecule has 2 aliphatic heterocycles. The number of nitrogens with zero attached hydrogens (tertiary/aromatic N) is 1. The largest absolute Gasteiger partial charge is 0.333 e. The summed E-state index contributed by atoms with van der Waals surface area (Å²) in [5.74, 6) is 0.681. The fourth-order valence-electron chi connectivity index (χ4n) is 2.61. The Morgan fingerprint density at radius 2 is 1.94 bits per heavy atom. The van der Waals surface area contributed by atoms with Crippen LogP contribution in [0.1, 0.15) is 33.6 Å². The van der Waals surface area contributed by atoms with E-state index in [-0.39, 0.29) is 17.5 Å². The number of nitrogens with one attached hydrogen (secondary N) is 2. The van der Waals surface area contributed by atoms with Crippen LogP contribution >= 0.6 is 0 Å². The van der Waals surface area contributed by atoms with Gasteiger partial charge >= 0.3 is 6.03 Å². The first kappa shape index (κ1) is 12.7. The molecule has 98 valence electrons. The molecule has 0 aliphatic carbocycles. The van der Waals surface area contributed by atoms with Gasteiger partial charge in [-0.05, 0) is 37.3 Å². The number of urea groups is 1. The lowest BCUT2D eigenvalue weighted by molar-refractivity contribution is 0.199.